The molecule has 3 N–H and O–H groups in total. The van der Waals surface area contributed by atoms with E-state index in [-0.39, 0.29) is 17.6 Å². The molecule has 2 aliphatic carbocycles. The number of carbonyl (C=O) groups is 1. The van der Waals surface area contributed by atoms with Crippen molar-refractivity contribution in [2.24, 2.45) is 5.92 Å². The number of fused-ring (bicyclic) bond motifs is 3. The van der Waals surface area contributed by atoms with E-state index in [1.165, 1.54) is 11.1 Å². The molecule has 4 nitrogen and oxygen atoms in total. The molecule has 0 bridgehead atoms. The van der Waals surface area contributed by atoms with E-state index in [9.17, 15) is 9.90 Å². The maximum absolute atomic E-state index is 13.0. The molecule has 1 aromatic carbocycles. The molecule has 2 aromatic rings. The second-order valence-corrected chi connectivity index (χ2v) is 9.80. The van der Waals surface area contributed by atoms with E-state index < -0.39 is 5.60 Å². The number of benzene rings is 1. The second-order valence-electron chi connectivity index (χ2n) is 9.80. The SMILES string of the molecule is CCC[C@@]1(O)CC[C@@]2(CC)c3ccc(C(=O)Cc4cccnc4N)cc3CCC[C@H]2C1. The molecule has 1 heterocycles. The first-order chi connectivity index (χ1) is 14.9. The molecule has 1 aromatic heterocycles. The van der Waals surface area contributed by atoms with Gasteiger partial charge in [-0.2, -0.15) is 0 Å². The summed E-state index contributed by atoms with van der Waals surface area (Å²) in [4.78, 5) is 17.1. The van der Waals surface area contributed by atoms with Gasteiger partial charge in [0, 0.05) is 23.7 Å². The number of anilines is 1. The summed E-state index contributed by atoms with van der Waals surface area (Å²) >= 11 is 0. The Bertz CT molecular complexity index is 956. The Kier molecular flexibility index (Phi) is 6.20. The molecule has 3 atom stereocenters. The molecular weight excluding hydrogens is 384 g/mol. The van der Waals surface area contributed by atoms with Gasteiger partial charge in [-0.15, -0.1) is 0 Å². The maximum atomic E-state index is 13.0. The predicted octanol–water partition coefficient (Wildman–Crippen LogP) is 5.40. The number of nitrogens with two attached hydrogens (primary N) is 1. The van der Waals surface area contributed by atoms with Crippen LogP contribution in [0.2, 0.25) is 0 Å². The summed E-state index contributed by atoms with van der Waals surface area (Å²) in [5, 5.41) is 11.2. The molecular formula is C27H36N2O2. The van der Waals surface area contributed by atoms with Gasteiger partial charge in [0.2, 0.25) is 0 Å². The third-order valence-corrected chi connectivity index (χ3v) is 8.03. The average Bonchev–Trinajstić information content (AvgIpc) is 2.91. The van der Waals surface area contributed by atoms with Crippen molar-refractivity contribution in [1.29, 1.82) is 0 Å². The highest BCUT2D eigenvalue weighted by atomic mass is 16.3. The lowest BCUT2D eigenvalue weighted by Crippen LogP contribution is -2.47. The fourth-order valence-corrected chi connectivity index (χ4v) is 6.37. The van der Waals surface area contributed by atoms with E-state index in [0.717, 1.165) is 68.9 Å². The number of rotatable bonds is 6. The number of aliphatic hydroxyl groups is 1. The Morgan fingerprint density at radius 3 is 2.84 bits per heavy atom. The van der Waals surface area contributed by atoms with E-state index in [1.54, 1.807) is 6.20 Å². The van der Waals surface area contributed by atoms with Gasteiger partial charge in [0.15, 0.2) is 5.78 Å². The summed E-state index contributed by atoms with van der Waals surface area (Å²) < 4.78 is 0. The first-order valence-corrected chi connectivity index (χ1v) is 12.0. The summed E-state index contributed by atoms with van der Waals surface area (Å²) in [5.74, 6) is 1.04. The van der Waals surface area contributed by atoms with Crippen molar-refractivity contribution in [2.45, 2.75) is 89.1 Å². The van der Waals surface area contributed by atoms with Crippen molar-refractivity contribution in [3.63, 3.8) is 0 Å². The van der Waals surface area contributed by atoms with E-state index in [0.29, 0.717) is 11.7 Å². The molecule has 0 radical (unpaired) electrons. The van der Waals surface area contributed by atoms with Crippen molar-refractivity contribution in [3.8, 4) is 0 Å². The normalized spacial score (nSPS) is 27.8. The van der Waals surface area contributed by atoms with Gasteiger partial charge in [-0.05, 0) is 86.0 Å². The van der Waals surface area contributed by atoms with Crippen LogP contribution in [0, 0.1) is 5.92 Å². The van der Waals surface area contributed by atoms with Crippen LogP contribution < -0.4 is 5.73 Å². The number of aromatic nitrogens is 1. The van der Waals surface area contributed by atoms with Crippen molar-refractivity contribution in [3.05, 3.63) is 58.8 Å². The number of carbonyl (C=O) groups excluding carboxylic acids is 1. The first-order valence-electron chi connectivity index (χ1n) is 12.0. The molecule has 2 aliphatic rings. The van der Waals surface area contributed by atoms with Crippen LogP contribution in [0.5, 0.6) is 0 Å². The number of aryl methyl sites for hydroxylation is 1. The summed E-state index contributed by atoms with van der Waals surface area (Å²) in [6.45, 7) is 4.47. The third kappa shape index (κ3) is 4.15. The Labute approximate surface area is 186 Å². The van der Waals surface area contributed by atoms with Gasteiger partial charge >= 0.3 is 0 Å². The molecule has 1 fully saturated rings. The van der Waals surface area contributed by atoms with Crippen LogP contribution in [-0.2, 0) is 18.3 Å². The van der Waals surface area contributed by atoms with Crippen molar-refractivity contribution in [2.75, 3.05) is 5.73 Å². The van der Waals surface area contributed by atoms with Gasteiger partial charge in [-0.3, -0.25) is 4.79 Å². The minimum atomic E-state index is -0.498. The number of pyridine rings is 1. The summed E-state index contributed by atoms with van der Waals surface area (Å²) in [7, 11) is 0. The molecule has 0 aliphatic heterocycles. The highest BCUT2D eigenvalue weighted by Crippen LogP contribution is 2.54. The van der Waals surface area contributed by atoms with Crippen LogP contribution in [0.3, 0.4) is 0 Å². The van der Waals surface area contributed by atoms with Gasteiger partial charge in [0.05, 0.1) is 5.60 Å². The molecule has 0 saturated heterocycles. The summed E-state index contributed by atoms with van der Waals surface area (Å²) in [6, 6.07) is 10.1. The number of nitrogens with zero attached hydrogens (tertiary/aromatic N) is 1. The quantitative estimate of drug-likeness (QED) is 0.613. The van der Waals surface area contributed by atoms with Gasteiger partial charge in [-0.25, -0.2) is 4.98 Å². The van der Waals surface area contributed by atoms with Crippen molar-refractivity contribution < 1.29 is 9.90 Å². The van der Waals surface area contributed by atoms with E-state index >= 15 is 0 Å². The fourth-order valence-electron chi connectivity index (χ4n) is 6.37. The second kappa shape index (κ2) is 8.74. The minimum absolute atomic E-state index is 0.0924. The predicted molar refractivity (Wildman–Crippen MR) is 125 cm³/mol. The van der Waals surface area contributed by atoms with Crippen molar-refractivity contribution in [1.82, 2.24) is 4.98 Å². The Morgan fingerprint density at radius 2 is 2.10 bits per heavy atom. The Hall–Kier alpha value is -2.20. The van der Waals surface area contributed by atoms with Crippen LogP contribution in [-0.4, -0.2) is 21.5 Å². The highest BCUT2D eigenvalue weighted by molar-refractivity contribution is 5.98. The molecule has 31 heavy (non-hydrogen) atoms. The number of Topliss-reactive ketones (excluding diaryl/α,β-unsaturated/α-hetero) is 1. The number of ketones is 1. The summed E-state index contributed by atoms with van der Waals surface area (Å²) in [6.07, 6.45) is 11.1. The number of nitrogen functional groups attached to an aromatic ring is 1. The van der Waals surface area contributed by atoms with Crippen LogP contribution in [0.4, 0.5) is 5.82 Å². The highest BCUT2D eigenvalue weighted by Gasteiger charge is 2.49. The minimum Gasteiger partial charge on any atom is -0.390 e. The molecule has 1 saturated carbocycles. The Morgan fingerprint density at radius 1 is 1.26 bits per heavy atom. The zero-order valence-electron chi connectivity index (χ0n) is 19.0. The van der Waals surface area contributed by atoms with Gasteiger partial charge in [0.25, 0.3) is 0 Å². The zero-order valence-corrected chi connectivity index (χ0v) is 19.0. The van der Waals surface area contributed by atoms with Crippen LogP contribution in [0.15, 0.2) is 36.5 Å². The van der Waals surface area contributed by atoms with Crippen LogP contribution in [0.25, 0.3) is 0 Å². The molecule has 0 unspecified atom stereocenters. The summed E-state index contributed by atoms with van der Waals surface area (Å²) in [5.41, 5.74) is 9.88. The lowest BCUT2D eigenvalue weighted by atomic mass is 9.56. The van der Waals surface area contributed by atoms with Crippen LogP contribution in [0.1, 0.15) is 92.3 Å². The number of hydrogen-bond donors (Lipinski definition) is 2. The van der Waals surface area contributed by atoms with E-state index in [1.807, 2.05) is 18.2 Å². The van der Waals surface area contributed by atoms with Gasteiger partial charge in [0.1, 0.15) is 5.82 Å². The molecule has 4 rings (SSSR count). The number of hydrogen-bond acceptors (Lipinski definition) is 4. The third-order valence-electron chi connectivity index (χ3n) is 8.03. The van der Waals surface area contributed by atoms with Crippen LogP contribution >= 0.6 is 0 Å². The molecule has 0 spiro atoms. The first kappa shape index (κ1) is 22.0. The smallest absolute Gasteiger partial charge is 0.167 e. The molecule has 166 valence electrons. The average molecular weight is 421 g/mol. The fraction of sp³-hybridized carbons (Fsp3) is 0.556. The topological polar surface area (TPSA) is 76.2 Å². The lowest BCUT2D eigenvalue weighted by Gasteiger charge is -2.50. The molecule has 4 heteroatoms. The largest absolute Gasteiger partial charge is 0.390 e. The molecule has 0 amide bonds. The maximum Gasteiger partial charge on any atom is 0.167 e. The standard InChI is InChI=1S/C27H36N2O2/c1-3-12-26(31)13-14-27(4-2)22(18-26)9-5-7-19-16-20(10-11-23(19)27)24(30)17-21-8-6-15-29-25(21)28/h6,8,10-11,15-16,22,31H,3-5,7,9,12-14,17-18H2,1-2H3,(H2,28,29)/t22-,26+,27+/m0/s1. The van der Waals surface area contributed by atoms with E-state index in [4.69, 9.17) is 5.73 Å². The Balaban J connectivity index is 1.63. The van der Waals surface area contributed by atoms with Gasteiger partial charge < -0.3 is 10.8 Å². The zero-order chi connectivity index (χ0) is 22.1. The monoisotopic (exact) mass is 420 g/mol. The van der Waals surface area contributed by atoms with Crippen molar-refractivity contribution >= 4 is 11.6 Å². The van der Waals surface area contributed by atoms with E-state index in [2.05, 4.69) is 31.0 Å². The lowest BCUT2D eigenvalue weighted by molar-refractivity contribution is -0.0542. The van der Waals surface area contributed by atoms with Gasteiger partial charge in [-0.1, -0.05) is 38.5 Å².